The topological polar surface area (TPSA) is 46.5 Å². The molecule has 0 radical (unpaired) electrons. The molecule has 1 atom stereocenters. The number of unbranched alkanes of at least 4 members (excludes halogenated alkanes) is 8. The highest BCUT2D eigenvalue weighted by molar-refractivity contribution is 5.87. The number of hydrogen-bond acceptors (Lipinski definition) is 2. The average Bonchev–Trinajstić information content (AvgIpc) is 2.70. The standard InChI is InChI=1S/C25H38O3/c1-3-5-7-9-10-11-12-13-15-17-23(16-14-8-6-4-2)28-24-20-18-22(19-21-24)25(26)27/h3,5,7,18-21,23H,1,4,6,8-17H2,2H3,(H,26,27)/b7-5-. The van der Waals surface area contributed by atoms with Gasteiger partial charge in [-0.3, -0.25) is 0 Å². The van der Waals surface area contributed by atoms with E-state index in [9.17, 15) is 4.79 Å². The molecule has 1 aromatic carbocycles. The smallest absolute Gasteiger partial charge is 0.335 e. The van der Waals surface area contributed by atoms with Gasteiger partial charge in [0, 0.05) is 0 Å². The Morgan fingerprint density at radius 3 is 2.21 bits per heavy atom. The molecule has 0 amide bonds. The van der Waals surface area contributed by atoms with Crippen LogP contribution in [0.2, 0.25) is 0 Å². The van der Waals surface area contributed by atoms with Crippen LogP contribution in [0, 0.1) is 0 Å². The molecule has 0 saturated heterocycles. The first-order valence-electron chi connectivity index (χ1n) is 10.9. The van der Waals surface area contributed by atoms with Crippen molar-refractivity contribution in [3.8, 4) is 5.75 Å². The van der Waals surface area contributed by atoms with Crippen LogP contribution in [0.1, 0.15) is 94.3 Å². The summed E-state index contributed by atoms with van der Waals surface area (Å²) in [7, 11) is 0. The first kappa shape index (κ1) is 24.0. The molecule has 0 spiro atoms. The minimum absolute atomic E-state index is 0.225. The van der Waals surface area contributed by atoms with E-state index in [1.807, 2.05) is 12.2 Å². The summed E-state index contributed by atoms with van der Waals surface area (Å²) in [5.74, 6) is -0.123. The zero-order chi connectivity index (χ0) is 20.5. The summed E-state index contributed by atoms with van der Waals surface area (Å²) in [5.41, 5.74) is 0.301. The number of rotatable bonds is 17. The van der Waals surface area contributed by atoms with Crippen molar-refractivity contribution < 1.29 is 14.6 Å². The van der Waals surface area contributed by atoms with Gasteiger partial charge in [0.2, 0.25) is 0 Å². The lowest BCUT2D eigenvalue weighted by Crippen LogP contribution is -2.16. The van der Waals surface area contributed by atoms with E-state index in [4.69, 9.17) is 9.84 Å². The predicted octanol–water partition coefficient (Wildman–Crippen LogP) is 7.58. The monoisotopic (exact) mass is 386 g/mol. The average molecular weight is 387 g/mol. The summed E-state index contributed by atoms with van der Waals surface area (Å²) < 4.78 is 6.19. The Balaban J connectivity index is 2.36. The van der Waals surface area contributed by atoms with Gasteiger partial charge in [0.25, 0.3) is 0 Å². The number of ether oxygens (including phenoxy) is 1. The Hall–Kier alpha value is -2.03. The van der Waals surface area contributed by atoms with Crippen molar-refractivity contribution >= 4 is 5.97 Å². The van der Waals surface area contributed by atoms with Gasteiger partial charge in [0.1, 0.15) is 5.75 Å². The molecule has 0 aromatic heterocycles. The summed E-state index contributed by atoms with van der Waals surface area (Å²) in [4.78, 5) is 11.0. The van der Waals surface area contributed by atoms with Crippen LogP contribution in [0.25, 0.3) is 0 Å². The first-order chi connectivity index (χ1) is 13.7. The highest BCUT2D eigenvalue weighted by Gasteiger charge is 2.11. The molecule has 0 fully saturated rings. The Morgan fingerprint density at radius 1 is 1.00 bits per heavy atom. The minimum Gasteiger partial charge on any atom is -0.490 e. The van der Waals surface area contributed by atoms with E-state index in [0.717, 1.165) is 25.0 Å². The van der Waals surface area contributed by atoms with Crippen LogP contribution >= 0.6 is 0 Å². The lowest BCUT2D eigenvalue weighted by atomic mass is 10.0. The molecule has 1 N–H and O–H groups in total. The quantitative estimate of drug-likeness (QED) is 0.222. The van der Waals surface area contributed by atoms with Crippen LogP contribution in [-0.4, -0.2) is 17.2 Å². The second kappa shape index (κ2) is 16.0. The number of benzene rings is 1. The van der Waals surface area contributed by atoms with Crippen LogP contribution in [0.4, 0.5) is 0 Å². The summed E-state index contributed by atoms with van der Waals surface area (Å²) in [6.07, 6.45) is 20.8. The molecule has 3 nitrogen and oxygen atoms in total. The maximum Gasteiger partial charge on any atom is 0.335 e. The largest absolute Gasteiger partial charge is 0.490 e. The second-order valence-electron chi connectivity index (χ2n) is 7.43. The molecule has 0 aliphatic rings. The summed E-state index contributed by atoms with van der Waals surface area (Å²) in [6.45, 7) is 5.91. The van der Waals surface area contributed by atoms with Gasteiger partial charge in [-0.15, -0.1) is 0 Å². The molecule has 28 heavy (non-hydrogen) atoms. The van der Waals surface area contributed by atoms with E-state index in [0.29, 0.717) is 5.56 Å². The van der Waals surface area contributed by atoms with Gasteiger partial charge in [0.15, 0.2) is 0 Å². The number of carboxylic acids is 1. The van der Waals surface area contributed by atoms with Gasteiger partial charge >= 0.3 is 5.97 Å². The van der Waals surface area contributed by atoms with Gasteiger partial charge in [-0.05, 0) is 62.8 Å². The van der Waals surface area contributed by atoms with Crippen molar-refractivity contribution in [3.05, 3.63) is 54.6 Å². The fraction of sp³-hybridized carbons (Fsp3) is 0.560. The van der Waals surface area contributed by atoms with Gasteiger partial charge in [-0.25, -0.2) is 4.79 Å². The van der Waals surface area contributed by atoms with Crippen molar-refractivity contribution in [1.82, 2.24) is 0 Å². The third-order valence-electron chi connectivity index (χ3n) is 4.95. The maximum absolute atomic E-state index is 11.0. The zero-order valence-electron chi connectivity index (χ0n) is 17.6. The number of carbonyl (C=O) groups is 1. The van der Waals surface area contributed by atoms with Crippen molar-refractivity contribution in [2.75, 3.05) is 0 Å². The lowest BCUT2D eigenvalue weighted by molar-refractivity contribution is 0.0697. The Bertz CT molecular complexity index is 560. The van der Waals surface area contributed by atoms with Crippen LogP contribution in [0.3, 0.4) is 0 Å². The number of allylic oxidation sites excluding steroid dienone is 3. The highest BCUT2D eigenvalue weighted by atomic mass is 16.5. The van der Waals surface area contributed by atoms with E-state index in [-0.39, 0.29) is 6.10 Å². The van der Waals surface area contributed by atoms with E-state index < -0.39 is 5.97 Å². The third-order valence-corrected chi connectivity index (χ3v) is 4.95. The molecule has 156 valence electrons. The lowest BCUT2D eigenvalue weighted by Gasteiger charge is -2.19. The molecule has 0 aliphatic heterocycles. The highest BCUT2D eigenvalue weighted by Crippen LogP contribution is 2.21. The maximum atomic E-state index is 11.0. The molecule has 1 aromatic rings. The van der Waals surface area contributed by atoms with Crippen molar-refractivity contribution in [1.29, 1.82) is 0 Å². The summed E-state index contributed by atoms with van der Waals surface area (Å²) in [6, 6.07) is 6.79. The molecule has 0 aliphatic carbocycles. The first-order valence-corrected chi connectivity index (χ1v) is 10.9. The Kier molecular flexibility index (Phi) is 13.7. The van der Waals surface area contributed by atoms with Crippen LogP contribution in [-0.2, 0) is 0 Å². The molecule has 0 saturated carbocycles. The Morgan fingerprint density at radius 2 is 1.61 bits per heavy atom. The van der Waals surface area contributed by atoms with E-state index >= 15 is 0 Å². The fourth-order valence-corrected chi connectivity index (χ4v) is 3.29. The van der Waals surface area contributed by atoms with Gasteiger partial charge in [-0.1, -0.05) is 70.3 Å². The van der Waals surface area contributed by atoms with E-state index in [1.165, 1.54) is 57.8 Å². The molecule has 1 rings (SSSR count). The van der Waals surface area contributed by atoms with E-state index in [2.05, 4.69) is 19.6 Å². The second-order valence-corrected chi connectivity index (χ2v) is 7.43. The SMILES string of the molecule is C=C/C=C\CCCCCCCC(CCCCCC)Oc1ccc(C(=O)O)cc1. The summed E-state index contributed by atoms with van der Waals surface area (Å²) in [5, 5.41) is 9.02. The van der Waals surface area contributed by atoms with Gasteiger partial charge in [0.05, 0.1) is 11.7 Å². The number of carboxylic acid groups (broad SMARTS) is 1. The molecule has 0 bridgehead atoms. The molecular formula is C25H38O3. The molecular weight excluding hydrogens is 348 g/mol. The van der Waals surface area contributed by atoms with Crippen molar-refractivity contribution in [3.63, 3.8) is 0 Å². The van der Waals surface area contributed by atoms with Crippen LogP contribution < -0.4 is 4.74 Å². The van der Waals surface area contributed by atoms with Crippen molar-refractivity contribution in [2.24, 2.45) is 0 Å². The summed E-state index contributed by atoms with van der Waals surface area (Å²) >= 11 is 0. The molecule has 3 heteroatoms. The van der Waals surface area contributed by atoms with Gasteiger partial charge < -0.3 is 9.84 Å². The van der Waals surface area contributed by atoms with Crippen LogP contribution in [0.15, 0.2) is 49.1 Å². The van der Waals surface area contributed by atoms with Crippen molar-refractivity contribution in [2.45, 2.75) is 90.1 Å². The predicted molar refractivity (Wildman–Crippen MR) is 118 cm³/mol. The van der Waals surface area contributed by atoms with E-state index in [1.54, 1.807) is 24.3 Å². The number of hydrogen-bond donors (Lipinski definition) is 1. The third kappa shape index (κ3) is 11.6. The fourth-order valence-electron chi connectivity index (χ4n) is 3.29. The van der Waals surface area contributed by atoms with Gasteiger partial charge in [-0.2, -0.15) is 0 Å². The Labute approximate surface area is 171 Å². The normalized spacial score (nSPS) is 12.2. The van der Waals surface area contributed by atoms with Crippen LogP contribution in [0.5, 0.6) is 5.75 Å². The molecule has 0 heterocycles. The zero-order valence-corrected chi connectivity index (χ0v) is 17.6. The molecule has 1 unspecified atom stereocenters. The number of aromatic carboxylic acids is 1. The minimum atomic E-state index is -0.900.